The molecule has 0 spiro atoms. The van der Waals surface area contributed by atoms with Crippen molar-refractivity contribution in [3.63, 3.8) is 0 Å². The standard InChI is InChI=1S/C9H16O3/c1-3-4-5-9(11)12-7-6-8(2)10/h3-7H2,1-2H3. The summed E-state index contributed by atoms with van der Waals surface area (Å²) in [5, 5.41) is 0. The monoisotopic (exact) mass is 172 g/mol. The smallest absolute Gasteiger partial charge is 0.305 e. The number of esters is 1. The van der Waals surface area contributed by atoms with Crippen LogP contribution in [0.3, 0.4) is 0 Å². The molecule has 0 saturated heterocycles. The van der Waals surface area contributed by atoms with E-state index in [2.05, 4.69) is 0 Å². The van der Waals surface area contributed by atoms with Gasteiger partial charge in [-0.2, -0.15) is 0 Å². The fourth-order valence-corrected chi connectivity index (χ4v) is 0.702. The molecule has 0 heterocycles. The predicted molar refractivity (Wildman–Crippen MR) is 45.8 cm³/mol. The Balaban J connectivity index is 3.25. The molecule has 0 fully saturated rings. The van der Waals surface area contributed by atoms with Gasteiger partial charge in [-0.15, -0.1) is 0 Å². The van der Waals surface area contributed by atoms with Gasteiger partial charge in [0.1, 0.15) is 5.78 Å². The molecule has 0 unspecified atom stereocenters. The van der Waals surface area contributed by atoms with E-state index < -0.39 is 0 Å². The first-order chi connectivity index (χ1) is 5.66. The summed E-state index contributed by atoms with van der Waals surface area (Å²) in [5.41, 5.74) is 0. The summed E-state index contributed by atoms with van der Waals surface area (Å²) in [5.74, 6) is -0.142. The average Bonchev–Trinajstić information content (AvgIpc) is 2.00. The van der Waals surface area contributed by atoms with Crippen LogP contribution in [0.25, 0.3) is 0 Å². The zero-order chi connectivity index (χ0) is 9.40. The predicted octanol–water partition coefficient (Wildman–Crippen LogP) is 1.70. The van der Waals surface area contributed by atoms with E-state index in [0.717, 1.165) is 12.8 Å². The van der Waals surface area contributed by atoms with Crippen molar-refractivity contribution in [3.8, 4) is 0 Å². The third kappa shape index (κ3) is 7.25. The highest BCUT2D eigenvalue weighted by atomic mass is 16.5. The number of carbonyl (C=O) groups excluding carboxylic acids is 2. The summed E-state index contributed by atoms with van der Waals surface area (Å²) in [7, 11) is 0. The molecule has 0 amide bonds. The molecular formula is C9H16O3. The molecule has 0 aromatic rings. The normalized spacial score (nSPS) is 9.50. The molecule has 0 aromatic carbocycles. The van der Waals surface area contributed by atoms with Crippen LogP contribution in [-0.4, -0.2) is 18.4 Å². The quantitative estimate of drug-likeness (QED) is 0.573. The molecule has 12 heavy (non-hydrogen) atoms. The number of hydrogen-bond acceptors (Lipinski definition) is 3. The van der Waals surface area contributed by atoms with Crippen LogP contribution in [0, 0.1) is 0 Å². The van der Waals surface area contributed by atoms with Crippen LogP contribution in [0.2, 0.25) is 0 Å². The highest BCUT2D eigenvalue weighted by Crippen LogP contribution is 1.97. The SMILES string of the molecule is CCCCC(=O)OCCC(C)=O. The topological polar surface area (TPSA) is 43.4 Å². The van der Waals surface area contributed by atoms with Gasteiger partial charge in [0.05, 0.1) is 6.61 Å². The van der Waals surface area contributed by atoms with Crippen LogP contribution >= 0.6 is 0 Å². The van der Waals surface area contributed by atoms with Crippen molar-refractivity contribution in [1.29, 1.82) is 0 Å². The van der Waals surface area contributed by atoms with Crippen LogP contribution in [-0.2, 0) is 14.3 Å². The van der Waals surface area contributed by atoms with Crippen molar-refractivity contribution in [2.75, 3.05) is 6.61 Å². The minimum Gasteiger partial charge on any atom is -0.465 e. The van der Waals surface area contributed by atoms with E-state index in [-0.39, 0.29) is 18.4 Å². The fourth-order valence-electron chi connectivity index (χ4n) is 0.702. The zero-order valence-electron chi connectivity index (χ0n) is 7.76. The molecule has 0 atom stereocenters. The van der Waals surface area contributed by atoms with E-state index in [9.17, 15) is 9.59 Å². The summed E-state index contributed by atoms with van der Waals surface area (Å²) in [6, 6.07) is 0. The lowest BCUT2D eigenvalue weighted by Gasteiger charge is -2.01. The second kappa shape index (κ2) is 6.83. The maximum absolute atomic E-state index is 10.8. The Hall–Kier alpha value is -0.860. The van der Waals surface area contributed by atoms with E-state index in [4.69, 9.17) is 4.74 Å². The Morgan fingerprint density at radius 3 is 2.42 bits per heavy atom. The van der Waals surface area contributed by atoms with Crippen molar-refractivity contribution in [2.45, 2.75) is 39.5 Å². The van der Waals surface area contributed by atoms with Gasteiger partial charge in [-0.3, -0.25) is 9.59 Å². The molecule has 70 valence electrons. The minimum atomic E-state index is -0.196. The van der Waals surface area contributed by atoms with Crippen molar-refractivity contribution in [3.05, 3.63) is 0 Å². The van der Waals surface area contributed by atoms with E-state index >= 15 is 0 Å². The van der Waals surface area contributed by atoms with Crippen LogP contribution in [0.5, 0.6) is 0 Å². The molecule has 0 rings (SSSR count). The van der Waals surface area contributed by atoms with Gasteiger partial charge in [-0.1, -0.05) is 13.3 Å². The van der Waals surface area contributed by atoms with Gasteiger partial charge in [-0.05, 0) is 13.3 Å². The lowest BCUT2D eigenvalue weighted by molar-refractivity contribution is -0.144. The van der Waals surface area contributed by atoms with E-state index in [1.165, 1.54) is 6.92 Å². The third-order valence-electron chi connectivity index (χ3n) is 1.45. The largest absolute Gasteiger partial charge is 0.465 e. The average molecular weight is 172 g/mol. The summed E-state index contributed by atoms with van der Waals surface area (Å²) >= 11 is 0. The molecule has 3 nitrogen and oxygen atoms in total. The van der Waals surface area contributed by atoms with Crippen LogP contribution in [0.1, 0.15) is 39.5 Å². The molecule has 0 aliphatic carbocycles. The van der Waals surface area contributed by atoms with Crippen LogP contribution in [0.4, 0.5) is 0 Å². The van der Waals surface area contributed by atoms with E-state index in [0.29, 0.717) is 12.8 Å². The first kappa shape index (κ1) is 11.1. The number of Topliss-reactive ketones (excluding diaryl/α,β-unsaturated/α-hetero) is 1. The Kier molecular flexibility index (Phi) is 6.34. The molecule has 0 aromatic heterocycles. The molecular weight excluding hydrogens is 156 g/mol. The van der Waals surface area contributed by atoms with Gasteiger partial charge in [0, 0.05) is 12.8 Å². The first-order valence-electron chi connectivity index (χ1n) is 4.32. The number of unbranched alkanes of at least 4 members (excludes halogenated alkanes) is 1. The molecule has 0 aliphatic rings. The maximum Gasteiger partial charge on any atom is 0.305 e. The van der Waals surface area contributed by atoms with E-state index in [1.54, 1.807) is 0 Å². The van der Waals surface area contributed by atoms with Gasteiger partial charge in [0.15, 0.2) is 0 Å². The van der Waals surface area contributed by atoms with Gasteiger partial charge >= 0.3 is 5.97 Å². The fraction of sp³-hybridized carbons (Fsp3) is 0.778. The Labute approximate surface area is 73.1 Å². The molecule has 0 aliphatic heterocycles. The van der Waals surface area contributed by atoms with Crippen LogP contribution < -0.4 is 0 Å². The zero-order valence-corrected chi connectivity index (χ0v) is 7.76. The maximum atomic E-state index is 10.8. The Morgan fingerprint density at radius 1 is 1.25 bits per heavy atom. The summed E-state index contributed by atoms with van der Waals surface area (Å²) < 4.78 is 4.80. The second-order valence-corrected chi connectivity index (χ2v) is 2.78. The first-order valence-corrected chi connectivity index (χ1v) is 4.32. The second-order valence-electron chi connectivity index (χ2n) is 2.78. The molecule has 0 radical (unpaired) electrons. The summed E-state index contributed by atoms with van der Waals surface area (Å²) in [6.07, 6.45) is 2.65. The number of carbonyl (C=O) groups is 2. The van der Waals surface area contributed by atoms with Gasteiger partial charge in [0.2, 0.25) is 0 Å². The van der Waals surface area contributed by atoms with Crippen LogP contribution in [0.15, 0.2) is 0 Å². The Bertz CT molecular complexity index is 152. The lowest BCUT2D eigenvalue weighted by atomic mass is 10.2. The molecule has 0 N–H and O–H groups in total. The highest BCUT2D eigenvalue weighted by molar-refractivity contribution is 5.76. The highest BCUT2D eigenvalue weighted by Gasteiger charge is 2.01. The van der Waals surface area contributed by atoms with Crippen molar-refractivity contribution in [2.24, 2.45) is 0 Å². The summed E-state index contributed by atoms with van der Waals surface area (Å²) in [4.78, 5) is 21.3. The number of rotatable bonds is 6. The van der Waals surface area contributed by atoms with Crippen molar-refractivity contribution >= 4 is 11.8 Å². The third-order valence-corrected chi connectivity index (χ3v) is 1.45. The number of ether oxygens (including phenoxy) is 1. The van der Waals surface area contributed by atoms with E-state index in [1.807, 2.05) is 6.92 Å². The van der Waals surface area contributed by atoms with Gasteiger partial charge in [0.25, 0.3) is 0 Å². The molecule has 0 saturated carbocycles. The van der Waals surface area contributed by atoms with Gasteiger partial charge in [-0.25, -0.2) is 0 Å². The van der Waals surface area contributed by atoms with Crippen molar-refractivity contribution in [1.82, 2.24) is 0 Å². The summed E-state index contributed by atoms with van der Waals surface area (Å²) in [6.45, 7) is 3.74. The number of ketones is 1. The molecule has 0 bridgehead atoms. The van der Waals surface area contributed by atoms with Crippen molar-refractivity contribution < 1.29 is 14.3 Å². The lowest BCUT2D eigenvalue weighted by Crippen LogP contribution is -2.07. The molecule has 3 heteroatoms. The Morgan fingerprint density at radius 2 is 1.92 bits per heavy atom. The van der Waals surface area contributed by atoms with Gasteiger partial charge < -0.3 is 4.74 Å². The number of hydrogen-bond donors (Lipinski definition) is 0. The minimum absolute atomic E-state index is 0.0540.